The van der Waals surface area contributed by atoms with Gasteiger partial charge in [-0.25, -0.2) is 0 Å². The fourth-order valence-corrected chi connectivity index (χ4v) is 2.30. The van der Waals surface area contributed by atoms with Crippen molar-refractivity contribution in [1.82, 2.24) is 20.1 Å². The fourth-order valence-electron chi connectivity index (χ4n) is 2.30. The predicted molar refractivity (Wildman–Crippen MR) is 76.7 cm³/mol. The lowest BCUT2D eigenvalue weighted by Gasteiger charge is -2.07. The molecule has 0 aliphatic carbocycles. The number of pyridine rings is 1. The van der Waals surface area contributed by atoms with Crippen LogP contribution >= 0.6 is 0 Å². The van der Waals surface area contributed by atoms with Crippen LogP contribution in [0.1, 0.15) is 36.4 Å². The molecule has 0 saturated heterocycles. The first kappa shape index (κ1) is 13.7. The van der Waals surface area contributed by atoms with E-state index in [-0.39, 0.29) is 0 Å². The maximum atomic E-state index is 4.45. The molecule has 102 valence electrons. The molecule has 0 aliphatic heterocycles. The molecule has 0 radical (unpaired) electrons. The minimum Gasteiger partial charge on any atom is -0.307 e. The van der Waals surface area contributed by atoms with Crippen LogP contribution in [0.3, 0.4) is 0 Å². The zero-order valence-electron chi connectivity index (χ0n) is 12.0. The van der Waals surface area contributed by atoms with Crippen molar-refractivity contribution in [1.29, 1.82) is 0 Å². The second-order valence-corrected chi connectivity index (χ2v) is 4.69. The van der Waals surface area contributed by atoms with Crippen LogP contribution in [0.2, 0.25) is 0 Å². The second kappa shape index (κ2) is 6.48. The van der Waals surface area contributed by atoms with E-state index in [2.05, 4.69) is 41.5 Å². The summed E-state index contributed by atoms with van der Waals surface area (Å²) in [4.78, 5) is 4.45. The van der Waals surface area contributed by atoms with E-state index in [0.29, 0.717) is 0 Å². The Hall–Kier alpha value is -1.68. The van der Waals surface area contributed by atoms with Crippen molar-refractivity contribution in [2.75, 3.05) is 0 Å². The van der Waals surface area contributed by atoms with Gasteiger partial charge in [0.15, 0.2) is 0 Å². The van der Waals surface area contributed by atoms with Crippen LogP contribution in [-0.4, -0.2) is 14.8 Å². The fraction of sp³-hybridized carbons (Fsp3) is 0.467. The maximum absolute atomic E-state index is 4.45. The van der Waals surface area contributed by atoms with E-state index in [1.807, 2.05) is 24.0 Å². The summed E-state index contributed by atoms with van der Waals surface area (Å²) < 4.78 is 1.88. The molecule has 2 heterocycles. The zero-order valence-corrected chi connectivity index (χ0v) is 12.0. The number of nitrogens with zero attached hydrogens (tertiary/aromatic N) is 3. The molecule has 4 heteroatoms. The van der Waals surface area contributed by atoms with E-state index in [1.165, 1.54) is 16.8 Å². The Labute approximate surface area is 114 Å². The Kier molecular flexibility index (Phi) is 4.68. The van der Waals surface area contributed by atoms with Crippen LogP contribution in [0.5, 0.6) is 0 Å². The summed E-state index contributed by atoms with van der Waals surface area (Å²) in [5, 5.41) is 7.91. The molecule has 0 aromatic carbocycles. The summed E-state index contributed by atoms with van der Waals surface area (Å²) >= 11 is 0. The van der Waals surface area contributed by atoms with Crippen LogP contribution in [0.4, 0.5) is 0 Å². The number of hydrogen-bond donors (Lipinski definition) is 1. The summed E-state index contributed by atoms with van der Waals surface area (Å²) in [5.74, 6) is 0. The normalized spacial score (nSPS) is 10.9. The van der Waals surface area contributed by atoms with Crippen LogP contribution in [0, 0.1) is 0 Å². The lowest BCUT2D eigenvalue weighted by molar-refractivity contribution is 0.669. The molecule has 0 spiro atoms. The Morgan fingerprint density at radius 1 is 1.11 bits per heavy atom. The highest BCUT2D eigenvalue weighted by Gasteiger charge is 2.06. The quantitative estimate of drug-likeness (QED) is 0.864. The third-order valence-electron chi connectivity index (χ3n) is 3.30. The Morgan fingerprint density at radius 3 is 2.68 bits per heavy atom. The van der Waals surface area contributed by atoms with E-state index in [1.54, 1.807) is 0 Å². The number of aromatic nitrogens is 3. The van der Waals surface area contributed by atoms with Gasteiger partial charge in [-0.15, -0.1) is 0 Å². The Bertz CT molecular complexity index is 531. The molecular formula is C15H22N4. The van der Waals surface area contributed by atoms with Gasteiger partial charge in [-0.3, -0.25) is 9.67 Å². The van der Waals surface area contributed by atoms with Gasteiger partial charge in [0, 0.05) is 38.1 Å². The largest absolute Gasteiger partial charge is 0.307 e. The lowest BCUT2D eigenvalue weighted by Crippen LogP contribution is -2.15. The zero-order chi connectivity index (χ0) is 13.7. The van der Waals surface area contributed by atoms with Gasteiger partial charge in [0.25, 0.3) is 0 Å². The molecular weight excluding hydrogens is 236 g/mol. The van der Waals surface area contributed by atoms with Gasteiger partial charge in [0.05, 0.1) is 11.4 Å². The highest BCUT2D eigenvalue weighted by Crippen LogP contribution is 2.09. The highest BCUT2D eigenvalue weighted by molar-refractivity contribution is 5.20. The first-order chi connectivity index (χ1) is 9.24. The number of rotatable bonds is 6. The van der Waals surface area contributed by atoms with Crippen molar-refractivity contribution in [3.05, 3.63) is 47.0 Å². The third kappa shape index (κ3) is 3.41. The van der Waals surface area contributed by atoms with Crippen molar-refractivity contribution >= 4 is 0 Å². The van der Waals surface area contributed by atoms with Gasteiger partial charge in [-0.2, -0.15) is 5.10 Å². The van der Waals surface area contributed by atoms with E-state index < -0.39 is 0 Å². The summed E-state index contributed by atoms with van der Waals surface area (Å²) in [6.45, 7) is 5.95. The molecule has 0 unspecified atom stereocenters. The summed E-state index contributed by atoms with van der Waals surface area (Å²) in [5.41, 5.74) is 4.91. The van der Waals surface area contributed by atoms with E-state index in [4.69, 9.17) is 0 Å². The number of nitrogens with one attached hydrogen (secondary N) is 1. The highest BCUT2D eigenvalue weighted by atomic mass is 15.3. The van der Waals surface area contributed by atoms with E-state index in [9.17, 15) is 0 Å². The molecule has 2 aromatic rings. The van der Waals surface area contributed by atoms with Crippen molar-refractivity contribution in [3.8, 4) is 0 Å². The molecule has 0 amide bonds. The predicted octanol–water partition coefficient (Wildman–Crippen LogP) is 2.23. The average molecular weight is 258 g/mol. The number of aryl methyl sites for hydroxylation is 3. The minimum absolute atomic E-state index is 0.808. The molecule has 19 heavy (non-hydrogen) atoms. The first-order valence-electron chi connectivity index (χ1n) is 6.89. The molecule has 4 nitrogen and oxygen atoms in total. The summed E-state index contributed by atoms with van der Waals surface area (Å²) in [7, 11) is 1.97. The van der Waals surface area contributed by atoms with Crippen LogP contribution in [-0.2, 0) is 33.0 Å². The summed E-state index contributed by atoms with van der Waals surface area (Å²) in [6.07, 6.45) is 5.95. The molecule has 2 rings (SSSR count). The molecule has 0 aliphatic rings. The van der Waals surface area contributed by atoms with Crippen molar-refractivity contribution in [3.63, 3.8) is 0 Å². The van der Waals surface area contributed by atoms with Crippen molar-refractivity contribution < 1.29 is 0 Å². The Morgan fingerprint density at radius 2 is 1.95 bits per heavy atom. The minimum atomic E-state index is 0.808. The van der Waals surface area contributed by atoms with Gasteiger partial charge in [-0.1, -0.05) is 19.9 Å². The molecule has 1 N–H and O–H groups in total. The molecule has 2 aromatic heterocycles. The maximum Gasteiger partial charge on any atom is 0.0666 e. The number of hydrogen-bond acceptors (Lipinski definition) is 3. The molecule has 0 atom stereocenters. The second-order valence-electron chi connectivity index (χ2n) is 4.69. The van der Waals surface area contributed by atoms with Gasteiger partial charge in [0.2, 0.25) is 0 Å². The average Bonchev–Trinajstić information content (AvgIpc) is 2.79. The smallest absolute Gasteiger partial charge is 0.0666 e. The van der Waals surface area contributed by atoms with Crippen molar-refractivity contribution in [2.24, 2.45) is 7.05 Å². The third-order valence-corrected chi connectivity index (χ3v) is 3.30. The van der Waals surface area contributed by atoms with Gasteiger partial charge in [0.1, 0.15) is 0 Å². The van der Waals surface area contributed by atoms with E-state index in [0.717, 1.165) is 31.6 Å². The van der Waals surface area contributed by atoms with Crippen LogP contribution < -0.4 is 5.32 Å². The van der Waals surface area contributed by atoms with Gasteiger partial charge in [-0.05, 0) is 24.5 Å². The van der Waals surface area contributed by atoms with Crippen molar-refractivity contribution in [2.45, 2.75) is 39.8 Å². The van der Waals surface area contributed by atoms with Gasteiger partial charge >= 0.3 is 0 Å². The Balaban J connectivity index is 1.96. The van der Waals surface area contributed by atoms with Crippen LogP contribution in [0.25, 0.3) is 0 Å². The lowest BCUT2D eigenvalue weighted by atomic mass is 10.1. The van der Waals surface area contributed by atoms with E-state index >= 15 is 0 Å². The van der Waals surface area contributed by atoms with Crippen LogP contribution in [0.15, 0.2) is 24.5 Å². The topological polar surface area (TPSA) is 42.7 Å². The molecule has 0 saturated carbocycles. The summed E-state index contributed by atoms with van der Waals surface area (Å²) in [6, 6.07) is 4.14. The SMILES string of the molecule is CCc1cccnc1CNCc1cn(C)nc1CC. The molecule has 0 fully saturated rings. The first-order valence-corrected chi connectivity index (χ1v) is 6.89. The van der Waals surface area contributed by atoms with Gasteiger partial charge < -0.3 is 5.32 Å². The molecule has 0 bridgehead atoms. The standard InChI is InChI=1S/C15H22N4/c1-4-12-7-6-8-17-15(12)10-16-9-13-11-19(3)18-14(13)5-2/h6-8,11,16H,4-5,9-10H2,1-3H3. The monoisotopic (exact) mass is 258 g/mol.